The molecule has 0 radical (unpaired) electrons. The summed E-state index contributed by atoms with van der Waals surface area (Å²) in [6.07, 6.45) is 5.45. The molecule has 6 heteroatoms. The molecule has 1 saturated carbocycles. The second-order valence-electron chi connectivity index (χ2n) is 5.92. The average Bonchev–Trinajstić information content (AvgIpc) is 3.17. The van der Waals surface area contributed by atoms with E-state index in [1.807, 2.05) is 0 Å². The van der Waals surface area contributed by atoms with Gasteiger partial charge in [-0.3, -0.25) is 0 Å². The van der Waals surface area contributed by atoms with Gasteiger partial charge in [0.15, 0.2) is 5.11 Å². The van der Waals surface area contributed by atoms with E-state index in [2.05, 4.69) is 17.6 Å². The van der Waals surface area contributed by atoms with Crippen LogP contribution in [0.4, 0.5) is 5.00 Å². The minimum absolute atomic E-state index is 0.265. The summed E-state index contributed by atoms with van der Waals surface area (Å²) in [5.74, 6) is 0.407. The Balaban J connectivity index is 1.86. The van der Waals surface area contributed by atoms with Crippen molar-refractivity contribution >= 4 is 39.6 Å². The highest BCUT2D eigenvalue weighted by molar-refractivity contribution is 7.80. The Kier molecular flexibility index (Phi) is 4.17. The molecule has 3 rings (SSSR count). The Morgan fingerprint density at radius 1 is 1.38 bits per heavy atom. The zero-order valence-electron chi connectivity index (χ0n) is 12.3. The number of esters is 1. The van der Waals surface area contributed by atoms with Gasteiger partial charge in [0.1, 0.15) is 5.00 Å². The smallest absolute Gasteiger partial charge is 0.341 e. The third-order valence-corrected chi connectivity index (χ3v) is 5.43. The number of hydrogen-bond donors (Lipinski definition) is 2. The van der Waals surface area contributed by atoms with Crippen LogP contribution < -0.4 is 10.6 Å². The lowest BCUT2D eigenvalue weighted by atomic mass is 9.88. The standard InChI is InChI=1S/C15H20N2O2S2/c1-8-3-6-10-11(7-8)21-13(12(10)14(18)19-2)17-15(20)16-9-4-5-9/h8-9H,3-7H2,1-2H3,(H2,16,17,20). The maximum absolute atomic E-state index is 12.1. The normalized spacial score (nSPS) is 20.6. The summed E-state index contributed by atoms with van der Waals surface area (Å²) in [4.78, 5) is 13.4. The van der Waals surface area contributed by atoms with E-state index in [0.29, 0.717) is 22.6 Å². The van der Waals surface area contributed by atoms with Gasteiger partial charge in [0.2, 0.25) is 0 Å². The first kappa shape index (κ1) is 14.8. The van der Waals surface area contributed by atoms with Crippen LogP contribution in [0.15, 0.2) is 0 Å². The summed E-state index contributed by atoms with van der Waals surface area (Å²) < 4.78 is 4.97. The van der Waals surface area contributed by atoms with Crippen LogP contribution in [0.5, 0.6) is 0 Å². The third-order valence-electron chi connectivity index (χ3n) is 4.04. The summed E-state index contributed by atoms with van der Waals surface area (Å²) in [6, 6.07) is 0.501. The van der Waals surface area contributed by atoms with E-state index < -0.39 is 0 Å². The summed E-state index contributed by atoms with van der Waals surface area (Å²) in [5, 5.41) is 7.90. The largest absolute Gasteiger partial charge is 0.465 e. The Bertz CT molecular complexity index is 578. The van der Waals surface area contributed by atoms with E-state index in [4.69, 9.17) is 17.0 Å². The lowest BCUT2D eigenvalue weighted by molar-refractivity contribution is 0.0601. The van der Waals surface area contributed by atoms with Gasteiger partial charge < -0.3 is 15.4 Å². The maximum Gasteiger partial charge on any atom is 0.341 e. The van der Waals surface area contributed by atoms with E-state index in [-0.39, 0.29) is 5.97 Å². The molecule has 1 atom stereocenters. The van der Waals surface area contributed by atoms with Gasteiger partial charge in [-0.2, -0.15) is 0 Å². The molecule has 0 aliphatic heterocycles. The molecule has 1 fully saturated rings. The third kappa shape index (κ3) is 3.21. The minimum Gasteiger partial charge on any atom is -0.465 e. The lowest BCUT2D eigenvalue weighted by Crippen LogP contribution is -2.30. The summed E-state index contributed by atoms with van der Waals surface area (Å²) >= 11 is 6.98. The fourth-order valence-corrected chi connectivity index (χ4v) is 4.45. The molecule has 0 spiro atoms. The second kappa shape index (κ2) is 5.93. The molecular formula is C15H20N2O2S2. The van der Waals surface area contributed by atoms with Crippen molar-refractivity contribution in [2.75, 3.05) is 12.4 Å². The molecule has 1 unspecified atom stereocenters. The zero-order valence-corrected chi connectivity index (χ0v) is 14.0. The molecule has 0 bridgehead atoms. The number of thiocarbonyl (C=S) groups is 1. The van der Waals surface area contributed by atoms with E-state index in [0.717, 1.165) is 29.8 Å². The molecule has 2 N–H and O–H groups in total. The molecule has 1 aromatic heterocycles. The van der Waals surface area contributed by atoms with Crippen LogP contribution in [0.25, 0.3) is 0 Å². The first-order chi connectivity index (χ1) is 10.1. The lowest BCUT2D eigenvalue weighted by Gasteiger charge is -2.18. The number of fused-ring (bicyclic) bond motifs is 1. The highest BCUT2D eigenvalue weighted by Gasteiger charge is 2.29. The zero-order chi connectivity index (χ0) is 15.0. The number of methoxy groups -OCH3 is 1. The fraction of sp³-hybridized carbons (Fsp3) is 0.600. The van der Waals surface area contributed by atoms with Gasteiger partial charge in [-0.15, -0.1) is 11.3 Å². The number of thiophene rings is 1. The monoisotopic (exact) mass is 324 g/mol. The van der Waals surface area contributed by atoms with Gasteiger partial charge >= 0.3 is 5.97 Å². The molecular weight excluding hydrogens is 304 g/mol. The van der Waals surface area contributed by atoms with Gasteiger partial charge in [0.05, 0.1) is 12.7 Å². The SMILES string of the molecule is COC(=O)c1c(NC(=S)NC2CC2)sc2c1CCC(C)C2. The van der Waals surface area contributed by atoms with Crippen molar-refractivity contribution < 1.29 is 9.53 Å². The maximum atomic E-state index is 12.1. The number of hydrogen-bond acceptors (Lipinski definition) is 4. The summed E-state index contributed by atoms with van der Waals surface area (Å²) in [5.41, 5.74) is 1.84. The van der Waals surface area contributed by atoms with E-state index in [1.54, 1.807) is 11.3 Å². The fourth-order valence-electron chi connectivity index (χ4n) is 2.71. The molecule has 1 aromatic rings. The molecule has 2 aliphatic rings. The second-order valence-corrected chi connectivity index (χ2v) is 7.43. The average molecular weight is 324 g/mol. The molecule has 21 heavy (non-hydrogen) atoms. The number of anilines is 1. The molecule has 0 aromatic carbocycles. The molecule has 2 aliphatic carbocycles. The number of carbonyl (C=O) groups excluding carboxylic acids is 1. The van der Waals surface area contributed by atoms with Crippen molar-refractivity contribution in [3.63, 3.8) is 0 Å². The molecule has 4 nitrogen and oxygen atoms in total. The van der Waals surface area contributed by atoms with E-state index in [1.165, 1.54) is 24.8 Å². The first-order valence-electron chi connectivity index (χ1n) is 7.38. The van der Waals surface area contributed by atoms with Crippen molar-refractivity contribution in [3.05, 3.63) is 16.0 Å². The van der Waals surface area contributed by atoms with Crippen LogP contribution in [0.1, 0.15) is 47.0 Å². The van der Waals surface area contributed by atoms with Crippen molar-refractivity contribution in [3.8, 4) is 0 Å². The van der Waals surface area contributed by atoms with Gasteiger partial charge in [0, 0.05) is 10.9 Å². The van der Waals surface area contributed by atoms with Crippen molar-refractivity contribution in [1.29, 1.82) is 0 Å². The van der Waals surface area contributed by atoms with Crippen LogP contribution in [0.3, 0.4) is 0 Å². The Labute approximate surface area is 134 Å². The van der Waals surface area contributed by atoms with Gasteiger partial charge in [0.25, 0.3) is 0 Å². The number of ether oxygens (including phenoxy) is 1. The predicted octanol–water partition coefficient (Wildman–Crippen LogP) is 3.11. The van der Waals surface area contributed by atoms with Crippen molar-refractivity contribution in [1.82, 2.24) is 5.32 Å². The molecule has 0 saturated heterocycles. The number of nitrogens with one attached hydrogen (secondary N) is 2. The predicted molar refractivity (Wildman–Crippen MR) is 89.2 cm³/mol. The summed E-state index contributed by atoms with van der Waals surface area (Å²) in [7, 11) is 1.43. The topological polar surface area (TPSA) is 50.4 Å². The molecule has 114 valence electrons. The minimum atomic E-state index is -0.265. The van der Waals surface area contributed by atoms with Crippen molar-refractivity contribution in [2.45, 2.75) is 45.1 Å². The number of rotatable bonds is 3. The van der Waals surface area contributed by atoms with E-state index >= 15 is 0 Å². The van der Waals surface area contributed by atoms with Crippen LogP contribution >= 0.6 is 23.6 Å². The van der Waals surface area contributed by atoms with Crippen LogP contribution in [-0.4, -0.2) is 24.2 Å². The Hall–Kier alpha value is -1.14. The van der Waals surface area contributed by atoms with Gasteiger partial charge in [-0.25, -0.2) is 4.79 Å². The van der Waals surface area contributed by atoms with Crippen LogP contribution in [0.2, 0.25) is 0 Å². The highest BCUT2D eigenvalue weighted by atomic mass is 32.1. The first-order valence-corrected chi connectivity index (χ1v) is 8.61. The molecule has 0 amide bonds. The summed E-state index contributed by atoms with van der Waals surface area (Å²) in [6.45, 7) is 2.26. The Morgan fingerprint density at radius 3 is 2.81 bits per heavy atom. The van der Waals surface area contributed by atoms with Crippen LogP contribution in [0, 0.1) is 5.92 Å². The van der Waals surface area contributed by atoms with Crippen molar-refractivity contribution in [2.24, 2.45) is 5.92 Å². The molecule has 1 heterocycles. The highest BCUT2D eigenvalue weighted by Crippen LogP contribution is 2.40. The quantitative estimate of drug-likeness (QED) is 0.661. The Morgan fingerprint density at radius 2 is 2.14 bits per heavy atom. The van der Waals surface area contributed by atoms with E-state index in [9.17, 15) is 4.79 Å². The van der Waals surface area contributed by atoms with Gasteiger partial charge in [-0.1, -0.05) is 6.92 Å². The number of carbonyl (C=O) groups is 1. The van der Waals surface area contributed by atoms with Crippen LogP contribution in [-0.2, 0) is 17.6 Å². The van der Waals surface area contributed by atoms with Gasteiger partial charge in [-0.05, 0) is 55.8 Å².